The summed E-state index contributed by atoms with van der Waals surface area (Å²) in [6, 6.07) is 13.9. The zero-order valence-electron chi connectivity index (χ0n) is 12.1. The molecule has 6 nitrogen and oxygen atoms in total. The van der Waals surface area contributed by atoms with Gasteiger partial charge in [0.2, 0.25) is 5.82 Å². The maximum atomic E-state index is 11.5. The van der Waals surface area contributed by atoms with Crippen LogP contribution in [0.3, 0.4) is 0 Å². The number of primary amides is 1. The van der Waals surface area contributed by atoms with Gasteiger partial charge in [0.15, 0.2) is 0 Å². The van der Waals surface area contributed by atoms with Crippen molar-refractivity contribution in [1.29, 1.82) is 0 Å². The number of nitrogens with two attached hydrogens (primary N) is 1. The van der Waals surface area contributed by atoms with E-state index in [4.69, 9.17) is 10.5 Å². The predicted molar refractivity (Wildman–Crippen MR) is 90.9 cm³/mol. The van der Waals surface area contributed by atoms with Crippen molar-refractivity contribution >= 4 is 44.2 Å². The number of methoxy groups -OCH3 is 1. The zero-order chi connectivity index (χ0) is 16.4. The van der Waals surface area contributed by atoms with E-state index in [1.807, 2.05) is 24.3 Å². The maximum Gasteiger partial charge on any atom is 0.286 e. The van der Waals surface area contributed by atoms with Crippen LogP contribution in [0.5, 0.6) is 5.75 Å². The van der Waals surface area contributed by atoms with E-state index in [1.54, 1.807) is 12.1 Å². The Balaban J connectivity index is 2.15. The van der Waals surface area contributed by atoms with Crippen LogP contribution < -0.4 is 15.8 Å². The Kier molecular flexibility index (Phi) is 4.12. The zero-order valence-corrected chi connectivity index (χ0v) is 13.7. The Bertz CT molecular complexity index is 898. The molecule has 1 aromatic heterocycles. The molecule has 0 bridgehead atoms. The van der Waals surface area contributed by atoms with Gasteiger partial charge in [0.25, 0.3) is 5.91 Å². The molecular weight excluding hydrogens is 360 g/mol. The molecule has 3 N–H and O–H groups in total. The number of halogens is 1. The first-order chi connectivity index (χ1) is 11.1. The van der Waals surface area contributed by atoms with E-state index in [0.29, 0.717) is 22.5 Å². The van der Waals surface area contributed by atoms with Crippen LogP contribution in [-0.4, -0.2) is 23.0 Å². The van der Waals surface area contributed by atoms with Gasteiger partial charge in [-0.3, -0.25) is 4.79 Å². The van der Waals surface area contributed by atoms with Crippen LogP contribution in [0.15, 0.2) is 40.9 Å². The second-order valence-corrected chi connectivity index (χ2v) is 5.61. The van der Waals surface area contributed by atoms with Crippen LogP contribution in [-0.2, 0) is 0 Å². The van der Waals surface area contributed by atoms with Gasteiger partial charge in [0.05, 0.1) is 12.6 Å². The summed E-state index contributed by atoms with van der Waals surface area (Å²) in [7, 11) is 1.54. The number of fused-ring (bicyclic) bond motifs is 1. The summed E-state index contributed by atoms with van der Waals surface area (Å²) in [5, 5.41) is 3.88. The van der Waals surface area contributed by atoms with Gasteiger partial charge in [-0.2, -0.15) is 0 Å². The summed E-state index contributed by atoms with van der Waals surface area (Å²) < 4.78 is 6.06. The van der Waals surface area contributed by atoms with Gasteiger partial charge in [0, 0.05) is 27.7 Å². The van der Waals surface area contributed by atoms with Crippen molar-refractivity contribution in [3.8, 4) is 5.75 Å². The molecule has 3 aromatic rings. The average Bonchev–Trinajstić information content (AvgIpc) is 2.54. The average molecular weight is 372 g/mol. The second-order valence-electron chi connectivity index (χ2n) is 4.70. The van der Waals surface area contributed by atoms with Gasteiger partial charge in [-0.05, 0) is 24.3 Å². The van der Waals surface area contributed by atoms with E-state index < -0.39 is 5.91 Å². The van der Waals surface area contributed by atoms with Crippen LogP contribution in [0, 0.1) is 6.07 Å². The Labute approximate surface area is 140 Å². The number of amides is 1. The third-order valence-corrected chi connectivity index (χ3v) is 3.62. The summed E-state index contributed by atoms with van der Waals surface area (Å²) >= 11 is 3.41. The van der Waals surface area contributed by atoms with E-state index in [-0.39, 0.29) is 5.82 Å². The Morgan fingerprint density at radius 1 is 1.35 bits per heavy atom. The van der Waals surface area contributed by atoms with E-state index in [0.717, 1.165) is 10.2 Å². The summed E-state index contributed by atoms with van der Waals surface area (Å²) in [6.07, 6.45) is 0. The van der Waals surface area contributed by atoms with Crippen LogP contribution in [0.4, 0.5) is 11.5 Å². The molecule has 0 spiro atoms. The molecule has 0 fully saturated rings. The summed E-state index contributed by atoms with van der Waals surface area (Å²) in [6.45, 7) is 0. The quantitative estimate of drug-likeness (QED) is 0.735. The van der Waals surface area contributed by atoms with Crippen LogP contribution >= 0.6 is 15.9 Å². The molecule has 1 radical (unpaired) electrons. The highest BCUT2D eigenvalue weighted by Gasteiger charge is 2.12. The Morgan fingerprint density at radius 2 is 2.17 bits per heavy atom. The molecular formula is C16H12BrN4O2. The van der Waals surface area contributed by atoms with Crippen molar-refractivity contribution in [3.05, 3.63) is 52.8 Å². The topological polar surface area (TPSA) is 90.1 Å². The minimum atomic E-state index is -0.698. The lowest BCUT2D eigenvalue weighted by Crippen LogP contribution is -2.16. The first kappa shape index (κ1) is 15.2. The molecule has 0 aliphatic carbocycles. The number of hydrogen-bond donors (Lipinski definition) is 2. The van der Waals surface area contributed by atoms with E-state index in [2.05, 4.69) is 37.3 Å². The van der Waals surface area contributed by atoms with Crippen molar-refractivity contribution < 1.29 is 9.53 Å². The largest absolute Gasteiger partial charge is 0.496 e. The van der Waals surface area contributed by atoms with Crippen molar-refractivity contribution in [2.45, 2.75) is 0 Å². The summed E-state index contributed by atoms with van der Waals surface area (Å²) in [4.78, 5) is 19.9. The van der Waals surface area contributed by atoms with Crippen molar-refractivity contribution in [1.82, 2.24) is 9.97 Å². The summed E-state index contributed by atoms with van der Waals surface area (Å²) in [5.41, 5.74) is 6.68. The lowest BCUT2D eigenvalue weighted by molar-refractivity contribution is 0.0991. The normalized spacial score (nSPS) is 10.5. The lowest BCUT2D eigenvalue weighted by atomic mass is 10.2. The molecule has 3 rings (SSSR count). The van der Waals surface area contributed by atoms with Gasteiger partial charge in [0.1, 0.15) is 11.6 Å². The molecule has 2 aromatic carbocycles. The number of ether oxygens (including phenoxy) is 1. The minimum absolute atomic E-state index is 0.0664. The predicted octanol–water partition coefficient (Wildman–Crippen LogP) is 3.04. The molecule has 0 saturated carbocycles. The third-order valence-electron chi connectivity index (χ3n) is 3.13. The molecule has 0 aliphatic rings. The van der Waals surface area contributed by atoms with Crippen molar-refractivity contribution in [2.24, 2.45) is 5.73 Å². The molecule has 1 amide bonds. The third kappa shape index (κ3) is 3.24. The minimum Gasteiger partial charge on any atom is -0.496 e. The fourth-order valence-corrected chi connectivity index (χ4v) is 2.47. The van der Waals surface area contributed by atoms with Gasteiger partial charge in [-0.25, -0.2) is 9.97 Å². The number of carbonyl (C=O) groups excluding carboxylic acids is 1. The van der Waals surface area contributed by atoms with E-state index in [9.17, 15) is 4.79 Å². The SMILES string of the molecule is COc1[c]cc2c(Nc3cccc(Br)c3)nc(C(N)=O)nc2c1. The van der Waals surface area contributed by atoms with Crippen LogP contribution in [0.1, 0.15) is 10.6 Å². The molecule has 23 heavy (non-hydrogen) atoms. The Morgan fingerprint density at radius 3 is 2.87 bits per heavy atom. The van der Waals surface area contributed by atoms with Gasteiger partial charge in [-0.15, -0.1) is 0 Å². The highest BCUT2D eigenvalue weighted by molar-refractivity contribution is 9.10. The molecule has 0 atom stereocenters. The molecule has 115 valence electrons. The monoisotopic (exact) mass is 371 g/mol. The second kappa shape index (κ2) is 6.21. The molecule has 7 heteroatoms. The van der Waals surface area contributed by atoms with Gasteiger partial charge >= 0.3 is 0 Å². The number of anilines is 2. The number of carbonyl (C=O) groups is 1. The van der Waals surface area contributed by atoms with Crippen molar-refractivity contribution in [3.63, 3.8) is 0 Å². The number of benzene rings is 2. The first-order valence-electron chi connectivity index (χ1n) is 6.66. The number of nitrogens with zero attached hydrogens (tertiary/aromatic N) is 2. The Hall–Kier alpha value is -2.67. The fraction of sp³-hybridized carbons (Fsp3) is 0.0625. The fourth-order valence-electron chi connectivity index (χ4n) is 2.07. The molecule has 0 unspecified atom stereocenters. The maximum absolute atomic E-state index is 11.5. The van der Waals surface area contributed by atoms with Crippen molar-refractivity contribution in [2.75, 3.05) is 12.4 Å². The van der Waals surface area contributed by atoms with E-state index >= 15 is 0 Å². The number of aromatic nitrogens is 2. The molecule has 0 saturated heterocycles. The van der Waals surface area contributed by atoms with Crippen LogP contribution in [0.2, 0.25) is 0 Å². The number of rotatable bonds is 4. The highest BCUT2D eigenvalue weighted by Crippen LogP contribution is 2.27. The standard InChI is InChI=1S/C16H12BrN4O2/c1-23-11-5-6-12-13(8-11)20-16(14(18)22)21-15(12)19-10-4-2-3-9(17)7-10/h2-4,6-8H,1H3,(H2,18,22)(H,19,20,21). The lowest BCUT2D eigenvalue weighted by Gasteiger charge is -2.11. The van der Waals surface area contributed by atoms with Gasteiger partial charge in [-0.1, -0.05) is 22.0 Å². The smallest absolute Gasteiger partial charge is 0.286 e. The van der Waals surface area contributed by atoms with Gasteiger partial charge < -0.3 is 15.8 Å². The first-order valence-corrected chi connectivity index (χ1v) is 7.46. The molecule has 0 aliphatic heterocycles. The van der Waals surface area contributed by atoms with Crippen LogP contribution in [0.25, 0.3) is 10.9 Å². The number of hydrogen-bond acceptors (Lipinski definition) is 5. The van der Waals surface area contributed by atoms with E-state index in [1.165, 1.54) is 7.11 Å². The summed E-state index contributed by atoms with van der Waals surface area (Å²) in [5.74, 6) is 0.222. The highest BCUT2D eigenvalue weighted by atomic mass is 79.9. The molecule has 1 heterocycles. The number of nitrogens with one attached hydrogen (secondary N) is 1.